The quantitative estimate of drug-likeness (QED) is 0.744. The summed E-state index contributed by atoms with van der Waals surface area (Å²) in [5.41, 5.74) is 0. The van der Waals surface area contributed by atoms with Crippen molar-refractivity contribution in [2.45, 2.75) is 52.1 Å². The second kappa shape index (κ2) is 6.44. The molecular weight excluding hydrogens is 228 g/mol. The van der Waals surface area contributed by atoms with Crippen molar-refractivity contribution in [3.63, 3.8) is 0 Å². The van der Waals surface area contributed by atoms with Crippen LogP contribution in [-0.4, -0.2) is 35.3 Å². The summed E-state index contributed by atoms with van der Waals surface area (Å²) >= 11 is 0. The number of carbonyl (C=O) groups is 2. The molecule has 0 radical (unpaired) electrons. The number of terminal acetylenes is 1. The van der Waals surface area contributed by atoms with Gasteiger partial charge in [-0.1, -0.05) is 20.8 Å². The van der Waals surface area contributed by atoms with E-state index in [-0.39, 0.29) is 24.4 Å². The summed E-state index contributed by atoms with van der Waals surface area (Å²) in [6, 6.07) is -0.415. The average Bonchev–Trinajstić information content (AvgIpc) is 2.30. The Morgan fingerprint density at radius 2 is 2.17 bits per heavy atom. The molecule has 1 aliphatic heterocycles. The summed E-state index contributed by atoms with van der Waals surface area (Å²) < 4.78 is 0. The van der Waals surface area contributed by atoms with Gasteiger partial charge in [0, 0.05) is 12.5 Å². The van der Waals surface area contributed by atoms with Crippen LogP contribution >= 0.6 is 0 Å². The van der Waals surface area contributed by atoms with Crippen LogP contribution in [0.3, 0.4) is 0 Å². The molecule has 1 heterocycles. The number of nitrogens with one attached hydrogen (secondary N) is 1. The fourth-order valence-electron chi connectivity index (χ4n) is 2.29. The first-order valence-electron chi connectivity index (χ1n) is 6.52. The van der Waals surface area contributed by atoms with Gasteiger partial charge in [-0.05, 0) is 18.8 Å². The molecule has 1 rings (SSSR count). The predicted molar refractivity (Wildman–Crippen MR) is 70.6 cm³/mol. The minimum atomic E-state index is -0.391. The van der Waals surface area contributed by atoms with Crippen LogP contribution in [0.25, 0.3) is 0 Å². The number of hydrogen-bond donors (Lipinski definition) is 1. The number of rotatable bonds is 5. The fourth-order valence-corrected chi connectivity index (χ4v) is 2.29. The lowest BCUT2D eigenvalue weighted by molar-refractivity contribution is -0.147. The number of piperazine rings is 1. The first-order chi connectivity index (χ1) is 8.49. The molecule has 100 valence electrons. The molecule has 2 atom stereocenters. The Labute approximate surface area is 109 Å². The van der Waals surface area contributed by atoms with E-state index in [1.165, 1.54) is 0 Å². The number of hydrogen-bond acceptors (Lipinski definition) is 2. The summed E-state index contributed by atoms with van der Waals surface area (Å²) in [5.74, 6) is 2.87. The van der Waals surface area contributed by atoms with Gasteiger partial charge in [0.15, 0.2) is 0 Å². The molecule has 0 aliphatic carbocycles. The lowest BCUT2D eigenvalue weighted by Crippen LogP contribution is -2.60. The maximum absolute atomic E-state index is 12.3. The Bertz CT molecular complexity index is 357. The van der Waals surface area contributed by atoms with Crippen molar-refractivity contribution in [2.75, 3.05) is 6.54 Å². The lowest BCUT2D eigenvalue weighted by atomic mass is 9.99. The summed E-state index contributed by atoms with van der Waals surface area (Å²) in [6.07, 6.45) is 7.27. The van der Waals surface area contributed by atoms with E-state index < -0.39 is 6.04 Å². The van der Waals surface area contributed by atoms with Gasteiger partial charge in [-0.15, -0.1) is 12.3 Å². The van der Waals surface area contributed by atoms with Crippen LogP contribution < -0.4 is 5.32 Å². The van der Waals surface area contributed by atoms with Crippen molar-refractivity contribution in [1.29, 1.82) is 0 Å². The number of amides is 2. The molecule has 0 spiro atoms. The van der Waals surface area contributed by atoms with Gasteiger partial charge >= 0.3 is 0 Å². The van der Waals surface area contributed by atoms with Gasteiger partial charge < -0.3 is 10.2 Å². The topological polar surface area (TPSA) is 49.4 Å². The second-order valence-corrected chi connectivity index (χ2v) is 5.19. The highest BCUT2D eigenvalue weighted by Gasteiger charge is 2.35. The molecule has 4 heteroatoms. The summed E-state index contributed by atoms with van der Waals surface area (Å²) in [5, 5.41) is 2.77. The van der Waals surface area contributed by atoms with E-state index in [9.17, 15) is 9.59 Å². The molecule has 0 aromatic heterocycles. The van der Waals surface area contributed by atoms with E-state index in [0.717, 1.165) is 6.42 Å². The third-order valence-corrected chi connectivity index (χ3v) is 3.20. The molecule has 0 aromatic rings. The first kappa shape index (κ1) is 14.6. The molecule has 18 heavy (non-hydrogen) atoms. The van der Waals surface area contributed by atoms with E-state index in [2.05, 4.69) is 11.2 Å². The first-order valence-corrected chi connectivity index (χ1v) is 6.52. The molecule has 1 fully saturated rings. The monoisotopic (exact) mass is 250 g/mol. The maximum atomic E-state index is 12.3. The maximum Gasteiger partial charge on any atom is 0.245 e. The van der Waals surface area contributed by atoms with E-state index in [4.69, 9.17) is 6.42 Å². The predicted octanol–water partition coefficient (Wildman–Crippen LogP) is 1.16. The third kappa shape index (κ3) is 3.49. The van der Waals surface area contributed by atoms with Gasteiger partial charge in [0.05, 0.1) is 6.54 Å². The lowest BCUT2D eigenvalue weighted by Gasteiger charge is -2.37. The smallest absolute Gasteiger partial charge is 0.245 e. The van der Waals surface area contributed by atoms with Crippen LogP contribution in [-0.2, 0) is 9.59 Å². The summed E-state index contributed by atoms with van der Waals surface area (Å²) in [6.45, 7) is 6.20. The molecule has 0 bridgehead atoms. The average molecular weight is 250 g/mol. The standard InChI is InChI=1S/C14H22N2O2/c1-5-7-11(6-2)16-9-13(17)15-12(14(16)18)8-10(3)4/h1,10-12H,6-9H2,2-4H3,(H,15,17). The van der Waals surface area contributed by atoms with Gasteiger partial charge in [0.2, 0.25) is 11.8 Å². The van der Waals surface area contributed by atoms with Crippen LogP contribution in [0.15, 0.2) is 0 Å². The zero-order chi connectivity index (χ0) is 13.7. The van der Waals surface area contributed by atoms with Crippen LogP contribution in [0.4, 0.5) is 0 Å². The van der Waals surface area contributed by atoms with E-state index in [1.807, 2.05) is 20.8 Å². The minimum Gasteiger partial charge on any atom is -0.343 e. The normalized spacial score (nSPS) is 21.7. The fraction of sp³-hybridized carbons (Fsp3) is 0.714. The molecule has 1 N–H and O–H groups in total. The molecule has 2 unspecified atom stereocenters. The highest BCUT2D eigenvalue weighted by atomic mass is 16.2. The molecule has 4 nitrogen and oxygen atoms in total. The number of carbonyl (C=O) groups excluding carboxylic acids is 2. The van der Waals surface area contributed by atoms with Crippen molar-refractivity contribution in [3.05, 3.63) is 0 Å². The zero-order valence-corrected chi connectivity index (χ0v) is 11.4. The van der Waals surface area contributed by atoms with Crippen molar-refractivity contribution in [1.82, 2.24) is 10.2 Å². The largest absolute Gasteiger partial charge is 0.343 e. The van der Waals surface area contributed by atoms with Crippen molar-refractivity contribution >= 4 is 11.8 Å². The molecule has 0 saturated carbocycles. The highest BCUT2D eigenvalue weighted by molar-refractivity contribution is 5.95. The van der Waals surface area contributed by atoms with Crippen molar-refractivity contribution in [3.8, 4) is 12.3 Å². The van der Waals surface area contributed by atoms with Gasteiger partial charge in [-0.25, -0.2) is 0 Å². The molecular formula is C14H22N2O2. The highest BCUT2D eigenvalue weighted by Crippen LogP contribution is 2.17. The van der Waals surface area contributed by atoms with Gasteiger partial charge in [0.1, 0.15) is 6.04 Å². The van der Waals surface area contributed by atoms with Crippen molar-refractivity contribution < 1.29 is 9.59 Å². The van der Waals surface area contributed by atoms with E-state index in [1.54, 1.807) is 4.90 Å². The Morgan fingerprint density at radius 3 is 2.67 bits per heavy atom. The number of nitrogens with zero attached hydrogens (tertiary/aromatic N) is 1. The Hall–Kier alpha value is -1.50. The van der Waals surface area contributed by atoms with Crippen LogP contribution in [0.1, 0.15) is 40.0 Å². The van der Waals surface area contributed by atoms with E-state index in [0.29, 0.717) is 18.8 Å². The SMILES string of the molecule is C#CCC(CC)N1CC(=O)NC(CC(C)C)C1=O. The van der Waals surface area contributed by atoms with E-state index >= 15 is 0 Å². The van der Waals surface area contributed by atoms with Gasteiger partial charge in [0.25, 0.3) is 0 Å². The van der Waals surface area contributed by atoms with Gasteiger partial charge in [-0.3, -0.25) is 9.59 Å². The Kier molecular flexibility index (Phi) is 5.21. The second-order valence-electron chi connectivity index (χ2n) is 5.19. The van der Waals surface area contributed by atoms with Crippen LogP contribution in [0.2, 0.25) is 0 Å². The molecule has 1 saturated heterocycles. The molecule has 1 aliphatic rings. The summed E-state index contributed by atoms with van der Waals surface area (Å²) in [4.78, 5) is 25.6. The Balaban J connectivity index is 2.81. The van der Waals surface area contributed by atoms with Crippen LogP contribution in [0.5, 0.6) is 0 Å². The van der Waals surface area contributed by atoms with Gasteiger partial charge in [-0.2, -0.15) is 0 Å². The molecule has 0 aromatic carbocycles. The summed E-state index contributed by atoms with van der Waals surface area (Å²) in [7, 11) is 0. The molecule has 2 amide bonds. The van der Waals surface area contributed by atoms with Crippen LogP contribution in [0, 0.1) is 18.3 Å². The zero-order valence-electron chi connectivity index (χ0n) is 11.4. The Morgan fingerprint density at radius 1 is 1.50 bits per heavy atom. The third-order valence-electron chi connectivity index (χ3n) is 3.20. The minimum absolute atomic E-state index is 0.00500. The van der Waals surface area contributed by atoms with Crippen molar-refractivity contribution in [2.24, 2.45) is 5.92 Å².